The number of rotatable bonds is 7. The van der Waals surface area contributed by atoms with Crippen LogP contribution in [0.2, 0.25) is 0 Å². The highest BCUT2D eigenvalue weighted by Gasteiger charge is 1.99. The molecule has 0 fully saturated rings. The van der Waals surface area contributed by atoms with Crippen LogP contribution >= 0.6 is 0 Å². The molecule has 0 unspecified atom stereocenters. The topological polar surface area (TPSA) is 0 Å². The first-order valence-electron chi connectivity index (χ1n) is 8.90. The van der Waals surface area contributed by atoms with E-state index < -0.39 is 0 Å². The van der Waals surface area contributed by atoms with Crippen molar-refractivity contribution in [2.24, 2.45) is 0 Å². The van der Waals surface area contributed by atoms with E-state index in [2.05, 4.69) is 109 Å². The Labute approximate surface area is 151 Å². The Hall–Kier alpha value is -2.86. The summed E-state index contributed by atoms with van der Waals surface area (Å²) >= 11 is 0. The Balaban J connectivity index is 1.70. The molecule has 0 nitrogen and oxygen atoms in total. The Kier molecular flexibility index (Phi) is 6.41. The molecule has 0 spiro atoms. The van der Waals surface area contributed by atoms with Crippen LogP contribution in [0.3, 0.4) is 0 Å². The van der Waals surface area contributed by atoms with Crippen molar-refractivity contribution >= 4 is 12.2 Å². The zero-order valence-corrected chi connectivity index (χ0v) is 14.5. The van der Waals surface area contributed by atoms with Gasteiger partial charge in [0.05, 0.1) is 0 Å². The molecule has 0 aliphatic rings. The zero-order valence-electron chi connectivity index (χ0n) is 14.5. The van der Waals surface area contributed by atoms with E-state index in [1.807, 2.05) is 0 Å². The maximum atomic E-state index is 2.33. The molecule has 0 N–H and O–H groups in total. The van der Waals surface area contributed by atoms with Gasteiger partial charge < -0.3 is 0 Å². The van der Waals surface area contributed by atoms with Gasteiger partial charge in [0.15, 0.2) is 0 Å². The molecule has 0 amide bonds. The fourth-order valence-electron chi connectivity index (χ4n) is 2.88. The molecule has 0 aliphatic heterocycles. The summed E-state index contributed by atoms with van der Waals surface area (Å²) in [6, 6.07) is 31.8. The van der Waals surface area contributed by atoms with Crippen molar-refractivity contribution in [2.75, 3.05) is 0 Å². The van der Waals surface area contributed by atoms with Gasteiger partial charge in [-0.25, -0.2) is 0 Å². The summed E-state index contributed by atoms with van der Waals surface area (Å²) in [7, 11) is 0. The fraction of sp³-hybridized carbons (Fsp3) is 0.120. The van der Waals surface area contributed by atoms with Gasteiger partial charge in [0.25, 0.3) is 0 Å². The van der Waals surface area contributed by atoms with E-state index in [-0.39, 0.29) is 0 Å². The molecule has 0 aliphatic carbocycles. The Morgan fingerprint density at radius 2 is 1.20 bits per heavy atom. The van der Waals surface area contributed by atoms with E-state index in [0.717, 1.165) is 19.3 Å². The predicted octanol–water partition coefficient (Wildman–Crippen LogP) is 6.81. The van der Waals surface area contributed by atoms with Crippen LogP contribution in [0, 0.1) is 0 Å². The van der Waals surface area contributed by atoms with Crippen LogP contribution in [0.5, 0.6) is 0 Å². The minimum atomic E-state index is 0.983. The molecule has 0 atom stereocenters. The van der Waals surface area contributed by atoms with Crippen molar-refractivity contribution in [1.29, 1.82) is 0 Å². The third-order valence-corrected chi connectivity index (χ3v) is 4.24. The van der Waals surface area contributed by atoms with Crippen LogP contribution in [-0.2, 0) is 6.42 Å². The van der Waals surface area contributed by atoms with E-state index in [4.69, 9.17) is 0 Å². The molecule has 0 radical (unpaired) electrons. The van der Waals surface area contributed by atoms with Crippen LogP contribution in [0.1, 0.15) is 29.5 Å². The lowest BCUT2D eigenvalue weighted by atomic mass is 9.99. The van der Waals surface area contributed by atoms with Gasteiger partial charge in [-0.2, -0.15) is 0 Å². The SMILES string of the molecule is C(=C\c1ccccc1)/C/C(=C/c1ccccc1)CCc1ccccc1. The van der Waals surface area contributed by atoms with Crippen LogP contribution in [0.15, 0.2) is 103 Å². The molecule has 0 heteroatoms. The summed E-state index contributed by atoms with van der Waals surface area (Å²) < 4.78 is 0. The van der Waals surface area contributed by atoms with Gasteiger partial charge in [-0.1, -0.05) is 115 Å². The van der Waals surface area contributed by atoms with E-state index in [0.29, 0.717) is 0 Å². The molecule has 0 heterocycles. The molecule has 124 valence electrons. The lowest BCUT2D eigenvalue weighted by molar-refractivity contribution is 0.919. The second kappa shape index (κ2) is 9.44. The molecule has 0 bridgehead atoms. The van der Waals surface area contributed by atoms with Crippen molar-refractivity contribution in [3.8, 4) is 0 Å². The molecular formula is C25H24. The lowest BCUT2D eigenvalue weighted by Crippen LogP contribution is -1.89. The summed E-state index contributed by atoms with van der Waals surface area (Å²) in [6.45, 7) is 0. The van der Waals surface area contributed by atoms with Crippen LogP contribution < -0.4 is 0 Å². The van der Waals surface area contributed by atoms with Gasteiger partial charge in [0.1, 0.15) is 0 Å². The number of hydrogen-bond acceptors (Lipinski definition) is 0. The zero-order chi connectivity index (χ0) is 17.2. The summed E-state index contributed by atoms with van der Waals surface area (Å²) in [6.07, 6.45) is 9.96. The number of benzene rings is 3. The van der Waals surface area contributed by atoms with Gasteiger partial charge >= 0.3 is 0 Å². The van der Waals surface area contributed by atoms with Crippen molar-refractivity contribution in [3.05, 3.63) is 119 Å². The second-order valence-corrected chi connectivity index (χ2v) is 6.22. The summed E-state index contributed by atoms with van der Waals surface area (Å²) in [5.41, 5.74) is 5.39. The predicted molar refractivity (Wildman–Crippen MR) is 109 cm³/mol. The minimum Gasteiger partial charge on any atom is -0.0799 e. The second-order valence-electron chi connectivity index (χ2n) is 6.22. The first-order valence-corrected chi connectivity index (χ1v) is 8.90. The molecule has 3 aromatic carbocycles. The molecule has 3 aromatic rings. The first kappa shape index (κ1) is 17.0. The lowest BCUT2D eigenvalue weighted by Gasteiger charge is -2.06. The monoisotopic (exact) mass is 324 g/mol. The quantitative estimate of drug-likeness (QED) is 0.448. The van der Waals surface area contributed by atoms with E-state index in [9.17, 15) is 0 Å². The first-order chi connectivity index (χ1) is 12.4. The van der Waals surface area contributed by atoms with Gasteiger partial charge in [-0.3, -0.25) is 0 Å². The highest BCUT2D eigenvalue weighted by atomic mass is 14.0. The molecule has 0 aromatic heterocycles. The van der Waals surface area contributed by atoms with E-state index in [1.54, 1.807) is 0 Å². The van der Waals surface area contributed by atoms with E-state index >= 15 is 0 Å². The van der Waals surface area contributed by atoms with Gasteiger partial charge in [-0.15, -0.1) is 0 Å². The standard InChI is InChI=1S/C25H24/c1-4-11-22(12-5-1)17-10-18-25(21-24-15-8-3-9-16-24)20-19-23-13-6-2-7-14-23/h1-17,21H,18-20H2/b17-10+,25-21-. The van der Waals surface area contributed by atoms with Crippen LogP contribution in [-0.4, -0.2) is 0 Å². The number of allylic oxidation sites excluding steroid dienone is 2. The highest BCUT2D eigenvalue weighted by molar-refractivity contribution is 5.55. The van der Waals surface area contributed by atoms with Gasteiger partial charge in [0, 0.05) is 0 Å². The largest absolute Gasteiger partial charge is 0.0799 e. The number of hydrogen-bond donors (Lipinski definition) is 0. The molecule has 3 rings (SSSR count). The Morgan fingerprint density at radius 1 is 0.640 bits per heavy atom. The summed E-state index contributed by atoms with van der Waals surface area (Å²) in [4.78, 5) is 0. The normalized spacial score (nSPS) is 11.8. The van der Waals surface area contributed by atoms with Crippen LogP contribution in [0.25, 0.3) is 12.2 Å². The Morgan fingerprint density at radius 3 is 1.84 bits per heavy atom. The van der Waals surface area contributed by atoms with Crippen molar-refractivity contribution in [3.63, 3.8) is 0 Å². The van der Waals surface area contributed by atoms with Crippen LogP contribution in [0.4, 0.5) is 0 Å². The smallest absolute Gasteiger partial charge is 0.0132 e. The van der Waals surface area contributed by atoms with Crippen molar-refractivity contribution < 1.29 is 0 Å². The third-order valence-electron chi connectivity index (χ3n) is 4.24. The maximum Gasteiger partial charge on any atom is -0.0132 e. The summed E-state index contributed by atoms with van der Waals surface area (Å²) in [5.74, 6) is 0. The van der Waals surface area contributed by atoms with Crippen molar-refractivity contribution in [1.82, 2.24) is 0 Å². The fourth-order valence-corrected chi connectivity index (χ4v) is 2.88. The number of aryl methyl sites for hydroxylation is 1. The third kappa shape index (κ3) is 5.93. The average Bonchev–Trinajstić information content (AvgIpc) is 2.68. The van der Waals surface area contributed by atoms with E-state index in [1.165, 1.54) is 22.3 Å². The molecule has 0 saturated carbocycles. The molecular weight excluding hydrogens is 300 g/mol. The highest BCUT2D eigenvalue weighted by Crippen LogP contribution is 2.18. The van der Waals surface area contributed by atoms with Gasteiger partial charge in [0.2, 0.25) is 0 Å². The molecule has 25 heavy (non-hydrogen) atoms. The minimum absolute atomic E-state index is 0.983. The average molecular weight is 324 g/mol. The maximum absolute atomic E-state index is 2.33. The summed E-state index contributed by atoms with van der Waals surface area (Å²) in [5, 5.41) is 0. The molecule has 0 saturated heterocycles. The van der Waals surface area contributed by atoms with Gasteiger partial charge in [-0.05, 0) is 36.0 Å². The van der Waals surface area contributed by atoms with Crippen molar-refractivity contribution in [2.45, 2.75) is 19.3 Å². The Bertz CT molecular complexity index is 796.